The SMILES string of the molecule is C#CCOCCOCCOCCOc1ccccc1C(C)C(=O)OC. The molecule has 1 unspecified atom stereocenters. The van der Waals surface area contributed by atoms with Crippen molar-refractivity contribution in [3.63, 3.8) is 0 Å². The molecule has 0 aliphatic carbocycles. The minimum Gasteiger partial charge on any atom is -0.491 e. The Kier molecular flexibility index (Phi) is 11.1. The van der Waals surface area contributed by atoms with E-state index in [2.05, 4.69) is 5.92 Å². The van der Waals surface area contributed by atoms with E-state index in [1.54, 1.807) is 6.92 Å². The lowest BCUT2D eigenvalue weighted by Gasteiger charge is -2.15. The summed E-state index contributed by atoms with van der Waals surface area (Å²) in [7, 11) is 1.37. The molecule has 0 aliphatic heterocycles. The molecule has 1 aromatic carbocycles. The summed E-state index contributed by atoms with van der Waals surface area (Å²) in [6.45, 7) is 4.81. The van der Waals surface area contributed by atoms with E-state index in [0.717, 1.165) is 5.56 Å². The second-order valence-corrected chi connectivity index (χ2v) is 5.11. The smallest absolute Gasteiger partial charge is 0.312 e. The average molecular weight is 350 g/mol. The molecule has 0 heterocycles. The first-order valence-corrected chi connectivity index (χ1v) is 8.17. The van der Waals surface area contributed by atoms with Crippen molar-refractivity contribution < 1.29 is 28.5 Å². The molecule has 0 amide bonds. The zero-order valence-corrected chi connectivity index (χ0v) is 14.9. The lowest BCUT2D eigenvalue weighted by Crippen LogP contribution is -2.15. The van der Waals surface area contributed by atoms with E-state index in [-0.39, 0.29) is 11.9 Å². The largest absolute Gasteiger partial charge is 0.491 e. The number of carbonyl (C=O) groups excluding carboxylic acids is 1. The van der Waals surface area contributed by atoms with Crippen molar-refractivity contribution in [2.24, 2.45) is 0 Å². The predicted octanol–water partition coefficient (Wildman–Crippen LogP) is 2.02. The van der Waals surface area contributed by atoms with Crippen LogP contribution in [0.2, 0.25) is 0 Å². The fourth-order valence-electron chi connectivity index (χ4n) is 2.05. The fourth-order valence-corrected chi connectivity index (χ4v) is 2.05. The van der Waals surface area contributed by atoms with Gasteiger partial charge in [0, 0.05) is 5.56 Å². The Labute approximate surface area is 149 Å². The molecule has 0 bridgehead atoms. The molecule has 0 saturated heterocycles. The number of terminal acetylenes is 1. The van der Waals surface area contributed by atoms with Gasteiger partial charge in [0.1, 0.15) is 19.0 Å². The van der Waals surface area contributed by atoms with E-state index in [0.29, 0.717) is 52.0 Å². The van der Waals surface area contributed by atoms with E-state index in [4.69, 9.17) is 30.1 Å². The van der Waals surface area contributed by atoms with Crippen LogP contribution < -0.4 is 4.74 Å². The number of para-hydroxylation sites is 1. The second-order valence-electron chi connectivity index (χ2n) is 5.11. The molecule has 6 nitrogen and oxygen atoms in total. The topological polar surface area (TPSA) is 63.2 Å². The summed E-state index contributed by atoms with van der Waals surface area (Å²) in [5.41, 5.74) is 0.796. The number of carbonyl (C=O) groups is 1. The highest BCUT2D eigenvalue weighted by atomic mass is 16.6. The highest BCUT2D eigenvalue weighted by Gasteiger charge is 2.19. The number of benzene rings is 1. The van der Waals surface area contributed by atoms with Crippen LogP contribution in [0.1, 0.15) is 18.4 Å². The van der Waals surface area contributed by atoms with E-state index in [1.165, 1.54) is 7.11 Å². The zero-order chi connectivity index (χ0) is 18.3. The summed E-state index contributed by atoms with van der Waals surface area (Å²) in [5.74, 6) is 2.37. The van der Waals surface area contributed by atoms with E-state index < -0.39 is 0 Å². The first-order valence-electron chi connectivity index (χ1n) is 8.17. The number of esters is 1. The first kappa shape index (κ1) is 21.0. The third-order valence-electron chi connectivity index (χ3n) is 3.35. The summed E-state index contributed by atoms with van der Waals surface area (Å²) in [4.78, 5) is 11.7. The summed E-state index contributed by atoms with van der Waals surface area (Å²) in [6, 6.07) is 7.41. The number of rotatable bonds is 13. The fraction of sp³-hybridized carbons (Fsp3) is 0.526. The van der Waals surface area contributed by atoms with Crippen LogP contribution in [0.5, 0.6) is 5.75 Å². The van der Waals surface area contributed by atoms with Gasteiger partial charge in [0.15, 0.2) is 0 Å². The van der Waals surface area contributed by atoms with Crippen molar-refractivity contribution in [3.05, 3.63) is 29.8 Å². The van der Waals surface area contributed by atoms with Crippen LogP contribution in [-0.4, -0.2) is 59.3 Å². The molecule has 1 atom stereocenters. The minimum atomic E-state index is -0.382. The molecule has 0 N–H and O–H groups in total. The number of hydrogen-bond acceptors (Lipinski definition) is 6. The van der Waals surface area contributed by atoms with Gasteiger partial charge in [-0.2, -0.15) is 0 Å². The molecular formula is C19H26O6. The van der Waals surface area contributed by atoms with Gasteiger partial charge in [0.2, 0.25) is 0 Å². The van der Waals surface area contributed by atoms with Gasteiger partial charge in [-0.05, 0) is 13.0 Å². The van der Waals surface area contributed by atoms with Crippen molar-refractivity contribution in [2.45, 2.75) is 12.8 Å². The van der Waals surface area contributed by atoms with E-state index in [9.17, 15) is 4.79 Å². The Morgan fingerprint density at radius 3 is 2.28 bits per heavy atom. The maximum atomic E-state index is 11.7. The average Bonchev–Trinajstić information content (AvgIpc) is 2.65. The van der Waals surface area contributed by atoms with Gasteiger partial charge in [-0.1, -0.05) is 24.1 Å². The third kappa shape index (κ3) is 8.54. The standard InChI is InChI=1S/C19H26O6/c1-4-9-22-10-11-23-12-13-24-14-15-25-18-8-6-5-7-17(18)16(2)19(20)21-3/h1,5-8,16H,9-15H2,2-3H3. The molecule has 0 radical (unpaired) electrons. The van der Waals surface area contributed by atoms with E-state index >= 15 is 0 Å². The minimum absolute atomic E-state index is 0.296. The lowest BCUT2D eigenvalue weighted by atomic mass is 10.0. The van der Waals surface area contributed by atoms with E-state index in [1.807, 2.05) is 24.3 Å². The Morgan fingerprint density at radius 2 is 1.64 bits per heavy atom. The van der Waals surface area contributed by atoms with Crippen molar-refractivity contribution in [2.75, 3.05) is 53.4 Å². The van der Waals surface area contributed by atoms with Gasteiger partial charge in [0.05, 0.1) is 46.1 Å². The second kappa shape index (κ2) is 13.2. The van der Waals surface area contributed by atoms with Gasteiger partial charge in [0.25, 0.3) is 0 Å². The van der Waals surface area contributed by atoms with Crippen LogP contribution in [-0.2, 0) is 23.7 Å². The maximum Gasteiger partial charge on any atom is 0.312 e. The molecule has 0 fully saturated rings. The Hall–Kier alpha value is -2.07. The van der Waals surface area contributed by atoms with Gasteiger partial charge in [-0.25, -0.2) is 0 Å². The summed E-state index contributed by atoms with van der Waals surface area (Å²) in [6.07, 6.45) is 5.06. The Bertz CT molecular complexity index is 537. The number of hydrogen-bond donors (Lipinski definition) is 0. The van der Waals surface area contributed by atoms with Crippen LogP contribution in [0.4, 0.5) is 0 Å². The van der Waals surface area contributed by atoms with Crippen LogP contribution in [0.25, 0.3) is 0 Å². The zero-order valence-electron chi connectivity index (χ0n) is 14.9. The van der Waals surface area contributed by atoms with Crippen LogP contribution in [0.15, 0.2) is 24.3 Å². The van der Waals surface area contributed by atoms with Gasteiger partial charge >= 0.3 is 5.97 Å². The van der Waals surface area contributed by atoms with Crippen LogP contribution in [0.3, 0.4) is 0 Å². The van der Waals surface area contributed by atoms with Gasteiger partial charge < -0.3 is 23.7 Å². The molecular weight excluding hydrogens is 324 g/mol. The van der Waals surface area contributed by atoms with Crippen molar-refractivity contribution in [3.8, 4) is 18.1 Å². The number of ether oxygens (including phenoxy) is 5. The third-order valence-corrected chi connectivity index (χ3v) is 3.35. The molecule has 138 valence electrons. The Morgan fingerprint density at radius 1 is 1.04 bits per heavy atom. The molecule has 1 aromatic rings. The maximum absolute atomic E-state index is 11.7. The Balaban J connectivity index is 2.18. The number of methoxy groups -OCH3 is 1. The first-order chi connectivity index (χ1) is 12.2. The summed E-state index contributed by atoms with van der Waals surface area (Å²) in [5, 5.41) is 0. The summed E-state index contributed by atoms with van der Waals surface area (Å²) >= 11 is 0. The molecule has 0 aliphatic rings. The van der Waals surface area contributed by atoms with Crippen LogP contribution in [0, 0.1) is 12.3 Å². The van der Waals surface area contributed by atoms with Crippen molar-refractivity contribution in [1.29, 1.82) is 0 Å². The van der Waals surface area contributed by atoms with Gasteiger partial charge in [-0.3, -0.25) is 4.79 Å². The molecule has 0 spiro atoms. The predicted molar refractivity (Wildman–Crippen MR) is 93.7 cm³/mol. The van der Waals surface area contributed by atoms with Crippen molar-refractivity contribution >= 4 is 5.97 Å². The lowest BCUT2D eigenvalue weighted by molar-refractivity contribution is -0.142. The monoisotopic (exact) mass is 350 g/mol. The molecule has 0 aromatic heterocycles. The van der Waals surface area contributed by atoms with Crippen molar-refractivity contribution in [1.82, 2.24) is 0 Å². The highest BCUT2D eigenvalue weighted by molar-refractivity contribution is 5.78. The molecule has 25 heavy (non-hydrogen) atoms. The molecule has 1 rings (SSSR count). The highest BCUT2D eigenvalue weighted by Crippen LogP contribution is 2.27. The molecule has 6 heteroatoms. The molecule has 0 saturated carbocycles. The normalized spacial score (nSPS) is 11.6. The van der Waals surface area contributed by atoms with Gasteiger partial charge in [-0.15, -0.1) is 6.42 Å². The van der Waals surface area contributed by atoms with Crippen LogP contribution >= 0.6 is 0 Å². The quantitative estimate of drug-likeness (QED) is 0.308. The summed E-state index contributed by atoms with van der Waals surface area (Å²) < 4.78 is 26.3.